The number of nitrogens with zero attached hydrogens (tertiary/aromatic N) is 1. The van der Waals surface area contributed by atoms with Crippen molar-refractivity contribution in [2.75, 3.05) is 5.43 Å². The van der Waals surface area contributed by atoms with E-state index in [9.17, 15) is 14.8 Å². The molecule has 0 heterocycles. The van der Waals surface area contributed by atoms with Crippen molar-refractivity contribution in [2.24, 2.45) is 0 Å². The van der Waals surface area contributed by atoms with Gasteiger partial charge in [0.25, 0.3) is 5.03 Å². The molecule has 4 nitrogen and oxygen atoms in total. The fourth-order valence-corrected chi connectivity index (χ4v) is 3.38. The van der Waals surface area contributed by atoms with Crippen LogP contribution in [0.1, 0.15) is 32.8 Å². The molecule has 0 bridgehead atoms. The van der Waals surface area contributed by atoms with Crippen molar-refractivity contribution in [1.82, 2.24) is 0 Å². The molecule has 2 aromatic rings. The zero-order chi connectivity index (χ0) is 19.2. The zero-order valence-corrected chi connectivity index (χ0v) is 15.9. The molecule has 0 fully saturated rings. The Bertz CT molecular complexity index is 787. The van der Waals surface area contributed by atoms with Crippen molar-refractivity contribution in [3.8, 4) is 0 Å². The average Bonchev–Trinajstić information content (AvgIpc) is 2.63. The number of benzene rings is 2. The average molecular weight is 375 g/mol. The molecule has 0 spiro atoms. The first-order valence-corrected chi connectivity index (χ1v) is 9.17. The Morgan fingerprint density at radius 3 is 2.27 bits per heavy atom. The van der Waals surface area contributed by atoms with Crippen LogP contribution in [0.15, 0.2) is 71.3 Å². The number of hydrogen-bond acceptors (Lipinski definition) is 4. The predicted molar refractivity (Wildman–Crippen MR) is 105 cm³/mol. The summed E-state index contributed by atoms with van der Waals surface area (Å²) in [6, 6.07) is 15.1. The summed E-state index contributed by atoms with van der Waals surface area (Å²) in [5.74, 6) is -0.307. The minimum Gasteiger partial charge on any atom is -0.207 e. The molecule has 0 unspecified atom stereocenters. The third-order valence-electron chi connectivity index (χ3n) is 3.84. The second kappa shape index (κ2) is 9.00. The first-order valence-electron chi connectivity index (χ1n) is 8.35. The van der Waals surface area contributed by atoms with Gasteiger partial charge in [0, 0.05) is 4.91 Å². The number of thioether (sulfide) groups is 1. The highest BCUT2D eigenvalue weighted by atomic mass is 32.2. The molecule has 0 radical (unpaired) electrons. The maximum Gasteiger partial charge on any atom is 0.262 e. The number of anilines is 1. The van der Waals surface area contributed by atoms with E-state index in [0.29, 0.717) is 5.69 Å². The maximum atomic E-state index is 13.3. The van der Waals surface area contributed by atoms with Gasteiger partial charge in [-0.1, -0.05) is 42.8 Å². The number of rotatable bonds is 7. The molecule has 0 aliphatic carbocycles. The predicted octanol–water partition coefficient (Wildman–Crippen LogP) is 6.18. The molecular weight excluding hydrogens is 351 g/mol. The van der Waals surface area contributed by atoms with Crippen LogP contribution in [0.3, 0.4) is 0 Å². The molecule has 0 atom stereocenters. The van der Waals surface area contributed by atoms with E-state index < -0.39 is 4.92 Å². The fraction of sp³-hybridized carbons (Fsp3) is 0.200. The van der Waals surface area contributed by atoms with Gasteiger partial charge in [0.05, 0.1) is 10.6 Å². The van der Waals surface area contributed by atoms with E-state index in [2.05, 4.69) is 5.43 Å². The molecule has 0 aromatic heterocycles. The Hall–Kier alpha value is -2.12. The molecule has 2 rings (SSSR count). The minimum absolute atomic E-state index is 0.279. The van der Waals surface area contributed by atoms with Crippen LogP contribution in [0, 0.1) is 5.82 Å². The van der Waals surface area contributed by atoms with Gasteiger partial charge in [-0.15, -0.1) is 10.4 Å². The molecule has 26 heavy (non-hydrogen) atoms. The quantitative estimate of drug-likeness (QED) is 0.399. The van der Waals surface area contributed by atoms with Crippen molar-refractivity contribution in [1.29, 1.82) is 0 Å². The van der Waals surface area contributed by atoms with Crippen LogP contribution in [0.2, 0.25) is 0 Å². The van der Waals surface area contributed by atoms with Crippen molar-refractivity contribution < 1.29 is 19.7 Å². The van der Waals surface area contributed by atoms with Gasteiger partial charge in [-0.3, -0.25) is 0 Å². The topological polar surface area (TPSA) is 52.5 Å². The normalized spacial score (nSPS) is 13.4. The first-order chi connectivity index (χ1) is 12.4. The second-order valence-electron chi connectivity index (χ2n) is 5.78. The van der Waals surface area contributed by atoms with Gasteiger partial charge in [0.1, 0.15) is 5.82 Å². The van der Waals surface area contributed by atoms with Gasteiger partial charge in [-0.05, 0) is 67.9 Å². The fourth-order valence-electron chi connectivity index (χ4n) is 2.31. The lowest BCUT2D eigenvalue weighted by atomic mass is 10.1. The van der Waals surface area contributed by atoms with E-state index in [-0.39, 0.29) is 10.8 Å². The molecule has 2 aromatic carbocycles. The highest BCUT2D eigenvalue weighted by molar-refractivity contribution is 8.11. The van der Waals surface area contributed by atoms with Gasteiger partial charge in [0.15, 0.2) is 0 Å². The van der Waals surface area contributed by atoms with Gasteiger partial charge in [-0.2, -0.15) is 5.43 Å². The van der Waals surface area contributed by atoms with Crippen LogP contribution < -0.4 is 5.43 Å². The Balaban J connectivity index is 2.31. The Kier molecular flexibility index (Phi) is 6.99. The van der Waals surface area contributed by atoms with Crippen LogP contribution in [0.25, 0.3) is 4.91 Å². The summed E-state index contributed by atoms with van der Waals surface area (Å²) in [5, 5.41) is 21.3. The van der Waals surface area contributed by atoms with E-state index in [4.69, 9.17) is 0 Å². The maximum absolute atomic E-state index is 13.3. The number of quaternary nitrogens is 1. The largest absolute Gasteiger partial charge is 0.262 e. The lowest BCUT2D eigenvalue weighted by molar-refractivity contribution is -1.20. The van der Waals surface area contributed by atoms with Crippen LogP contribution in [0.4, 0.5) is 10.1 Å². The number of para-hydroxylation sites is 1. The summed E-state index contributed by atoms with van der Waals surface area (Å²) in [7, 11) is 0. The number of nitrogens with one attached hydrogen (secondary N) is 1. The minimum atomic E-state index is -1.48. The Morgan fingerprint density at radius 1 is 1.12 bits per heavy atom. The molecule has 3 N–H and O–H groups in total. The molecule has 138 valence electrons. The van der Waals surface area contributed by atoms with E-state index in [1.807, 2.05) is 19.9 Å². The summed E-state index contributed by atoms with van der Waals surface area (Å²) in [6.45, 7) is 5.74. The summed E-state index contributed by atoms with van der Waals surface area (Å²) < 4.78 is 13.3. The molecule has 6 heteroatoms. The number of halogens is 1. The van der Waals surface area contributed by atoms with Crippen molar-refractivity contribution in [2.45, 2.75) is 27.2 Å². The zero-order valence-electron chi connectivity index (χ0n) is 15.1. The summed E-state index contributed by atoms with van der Waals surface area (Å²) >= 11 is 1.24. The lowest BCUT2D eigenvalue weighted by Gasteiger charge is -2.24. The van der Waals surface area contributed by atoms with Crippen molar-refractivity contribution >= 4 is 22.4 Å². The van der Waals surface area contributed by atoms with E-state index in [0.717, 1.165) is 22.5 Å². The molecule has 0 aliphatic heterocycles. The van der Waals surface area contributed by atoms with Crippen molar-refractivity contribution in [3.05, 3.63) is 82.7 Å². The van der Waals surface area contributed by atoms with Gasteiger partial charge in [0.2, 0.25) is 0 Å². The van der Waals surface area contributed by atoms with E-state index in [1.165, 1.54) is 23.9 Å². The van der Waals surface area contributed by atoms with Gasteiger partial charge in [-0.25, -0.2) is 4.39 Å². The highest BCUT2D eigenvalue weighted by Crippen LogP contribution is 2.40. The second-order valence-corrected chi connectivity index (χ2v) is 6.81. The lowest BCUT2D eigenvalue weighted by Crippen LogP contribution is -2.44. The molecule has 0 amide bonds. The Labute approximate surface area is 157 Å². The third kappa shape index (κ3) is 5.19. The molecule has 0 saturated heterocycles. The summed E-state index contributed by atoms with van der Waals surface area (Å²) in [5.41, 5.74) is 5.13. The van der Waals surface area contributed by atoms with Gasteiger partial charge >= 0.3 is 0 Å². The summed E-state index contributed by atoms with van der Waals surface area (Å²) in [4.78, 5) is -0.617. The van der Waals surface area contributed by atoms with Gasteiger partial charge < -0.3 is 0 Å². The van der Waals surface area contributed by atoms with Crippen LogP contribution in [-0.4, -0.2) is 15.3 Å². The van der Waals surface area contributed by atoms with Crippen LogP contribution >= 0.6 is 11.8 Å². The third-order valence-corrected chi connectivity index (χ3v) is 5.33. The van der Waals surface area contributed by atoms with E-state index >= 15 is 0 Å². The Morgan fingerprint density at radius 2 is 1.73 bits per heavy atom. The van der Waals surface area contributed by atoms with Crippen LogP contribution in [-0.2, 0) is 0 Å². The van der Waals surface area contributed by atoms with E-state index in [1.54, 1.807) is 49.4 Å². The van der Waals surface area contributed by atoms with Crippen LogP contribution in [0.5, 0.6) is 0 Å². The first kappa shape index (κ1) is 20.2. The molecule has 0 saturated carbocycles. The number of allylic oxidation sites excluding steroid dienone is 2. The monoisotopic (exact) mass is 375 g/mol. The molecule has 0 aliphatic rings. The number of hydroxylamine groups is 2. The standard InChI is InChI=1S/C20H24FN2O2S/c1-4-15(3)20(16-11-13-17(21)14-12-16)26-19(5-2)23(24,25)22-18-9-7-6-8-10-18/h5-14,22,24-25H,4H2,1-3H3/q+1/b19-5-,20-15?. The molecular formula is C20H24FN2O2S+. The van der Waals surface area contributed by atoms with Crippen molar-refractivity contribution in [3.63, 3.8) is 0 Å². The highest BCUT2D eigenvalue weighted by Gasteiger charge is 2.32. The number of hydrogen-bond donors (Lipinski definition) is 3. The summed E-state index contributed by atoms with van der Waals surface area (Å²) in [6.07, 6.45) is 2.42. The smallest absolute Gasteiger partial charge is 0.207 e. The SMILES string of the molecule is C/C=C(\SC(=C(C)CC)c1ccc(F)cc1)[N+](O)(O)Nc1ccccc1.